The maximum absolute atomic E-state index is 12.2. The van der Waals surface area contributed by atoms with Gasteiger partial charge in [0.1, 0.15) is 5.56 Å². The van der Waals surface area contributed by atoms with Gasteiger partial charge in [0.25, 0.3) is 11.5 Å². The number of nitrogens with one attached hydrogen (secondary N) is 1. The van der Waals surface area contributed by atoms with Gasteiger partial charge in [-0.25, -0.2) is 0 Å². The molecule has 0 fully saturated rings. The predicted octanol–water partition coefficient (Wildman–Crippen LogP) is 2.91. The van der Waals surface area contributed by atoms with E-state index in [1.807, 2.05) is 13.0 Å². The third-order valence-electron chi connectivity index (χ3n) is 3.20. The highest BCUT2D eigenvalue weighted by molar-refractivity contribution is 6.30. The summed E-state index contributed by atoms with van der Waals surface area (Å²) in [5.41, 5.74) is 1.94. The minimum atomic E-state index is -0.412. The summed E-state index contributed by atoms with van der Waals surface area (Å²) in [5.74, 6) is -0.412. The molecule has 1 aromatic heterocycles. The van der Waals surface area contributed by atoms with Gasteiger partial charge in [-0.05, 0) is 49.7 Å². The first-order valence-electron chi connectivity index (χ1n) is 6.14. The molecule has 2 rings (SSSR count). The van der Waals surface area contributed by atoms with Gasteiger partial charge < -0.3 is 9.88 Å². The first-order chi connectivity index (χ1) is 9.40. The van der Waals surface area contributed by atoms with Crippen LogP contribution in [0.4, 0.5) is 5.69 Å². The summed E-state index contributed by atoms with van der Waals surface area (Å²) in [6, 6.07) is 8.55. The summed E-state index contributed by atoms with van der Waals surface area (Å²) in [5, 5.41) is 3.29. The molecule has 0 spiro atoms. The van der Waals surface area contributed by atoms with E-state index in [0.717, 1.165) is 5.69 Å². The van der Waals surface area contributed by atoms with Gasteiger partial charge in [0, 0.05) is 23.5 Å². The zero-order valence-electron chi connectivity index (χ0n) is 11.5. The molecule has 0 aliphatic carbocycles. The van der Waals surface area contributed by atoms with Crippen LogP contribution in [0.15, 0.2) is 35.1 Å². The Bertz CT molecular complexity index is 718. The Morgan fingerprint density at radius 1 is 1.20 bits per heavy atom. The van der Waals surface area contributed by atoms with E-state index < -0.39 is 5.91 Å². The summed E-state index contributed by atoms with van der Waals surface area (Å²) in [6.07, 6.45) is 0. The molecule has 1 heterocycles. The maximum Gasteiger partial charge on any atom is 0.263 e. The van der Waals surface area contributed by atoms with Crippen LogP contribution in [0.25, 0.3) is 0 Å². The quantitative estimate of drug-likeness (QED) is 0.924. The second kappa shape index (κ2) is 5.51. The smallest absolute Gasteiger partial charge is 0.263 e. The van der Waals surface area contributed by atoms with Gasteiger partial charge in [-0.15, -0.1) is 0 Å². The van der Waals surface area contributed by atoms with Crippen molar-refractivity contribution in [1.82, 2.24) is 4.57 Å². The number of aryl methyl sites for hydroxylation is 2. The Labute approximate surface area is 122 Å². The summed E-state index contributed by atoms with van der Waals surface area (Å²) >= 11 is 5.79. The summed E-state index contributed by atoms with van der Waals surface area (Å²) in [6.45, 7) is 3.58. The van der Waals surface area contributed by atoms with E-state index in [2.05, 4.69) is 5.32 Å². The van der Waals surface area contributed by atoms with E-state index in [9.17, 15) is 9.59 Å². The second-order valence-electron chi connectivity index (χ2n) is 4.67. The van der Waals surface area contributed by atoms with Gasteiger partial charge in [0.15, 0.2) is 0 Å². The molecule has 0 aliphatic rings. The van der Waals surface area contributed by atoms with Crippen molar-refractivity contribution in [1.29, 1.82) is 0 Å². The van der Waals surface area contributed by atoms with Crippen LogP contribution in [0.5, 0.6) is 0 Å². The fourth-order valence-corrected chi connectivity index (χ4v) is 2.11. The lowest BCUT2D eigenvalue weighted by Crippen LogP contribution is -2.30. The number of anilines is 1. The fraction of sp³-hybridized carbons (Fsp3) is 0.200. The number of hydrogen-bond donors (Lipinski definition) is 1. The number of carbonyl (C=O) groups is 1. The number of halogens is 1. The van der Waals surface area contributed by atoms with Crippen LogP contribution in [0.2, 0.25) is 5.02 Å². The molecular weight excluding hydrogens is 276 g/mol. The van der Waals surface area contributed by atoms with Crippen molar-refractivity contribution < 1.29 is 4.79 Å². The molecule has 4 nitrogen and oxygen atoms in total. The van der Waals surface area contributed by atoms with Crippen molar-refractivity contribution >= 4 is 23.2 Å². The number of nitrogens with zero attached hydrogens (tertiary/aromatic N) is 1. The Kier molecular flexibility index (Phi) is 3.95. The number of rotatable bonds is 2. The molecule has 2 aromatic rings. The molecule has 1 N–H and O–H groups in total. The number of hydrogen-bond acceptors (Lipinski definition) is 2. The zero-order valence-corrected chi connectivity index (χ0v) is 12.3. The third kappa shape index (κ3) is 2.75. The topological polar surface area (TPSA) is 51.1 Å². The van der Waals surface area contributed by atoms with Gasteiger partial charge in [-0.3, -0.25) is 9.59 Å². The Balaban J connectivity index is 2.37. The zero-order chi connectivity index (χ0) is 14.9. The average Bonchev–Trinajstić information content (AvgIpc) is 2.39. The van der Waals surface area contributed by atoms with Crippen LogP contribution in [-0.4, -0.2) is 10.5 Å². The maximum atomic E-state index is 12.2. The lowest BCUT2D eigenvalue weighted by molar-refractivity contribution is 0.102. The number of carbonyl (C=O) groups excluding carboxylic acids is 1. The van der Waals surface area contributed by atoms with Crippen molar-refractivity contribution in [2.24, 2.45) is 7.05 Å². The Morgan fingerprint density at radius 3 is 2.40 bits per heavy atom. The summed E-state index contributed by atoms with van der Waals surface area (Å²) < 4.78 is 1.46. The van der Waals surface area contributed by atoms with Crippen molar-refractivity contribution in [2.75, 3.05) is 5.32 Å². The van der Waals surface area contributed by atoms with Gasteiger partial charge in [0.2, 0.25) is 0 Å². The van der Waals surface area contributed by atoms with Gasteiger partial charge in [-0.1, -0.05) is 11.6 Å². The van der Waals surface area contributed by atoms with Crippen molar-refractivity contribution in [3.63, 3.8) is 0 Å². The van der Waals surface area contributed by atoms with E-state index in [1.165, 1.54) is 4.57 Å². The molecule has 1 aromatic carbocycles. The molecule has 0 saturated heterocycles. The van der Waals surface area contributed by atoms with E-state index in [4.69, 9.17) is 11.6 Å². The normalized spacial score (nSPS) is 10.4. The molecule has 104 valence electrons. The Hall–Kier alpha value is -2.07. The molecule has 0 bridgehead atoms. The molecule has 5 heteroatoms. The van der Waals surface area contributed by atoms with Crippen LogP contribution >= 0.6 is 11.6 Å². The van der Waals surface area contributed by atoms with E-state index in [1.54, 1.807) is 38.2 Å². The predicted molar refractivity (Wildman–Crippen MR) is 80.6 cm³/mol. The summed E-state index contributed by atoms with van der Waals surface area (Å²) in [4.78, 5) is 24.4. The van der Waals surface area contributed by atoms with Crippen LogP contribution < -0.4 is 10.9 Å². The van der Waals surface area contributed by atoms with E-state index in [0.29, 0.717) is 16.3 Å². The minimum absolute atomic E-state index is 0.160. The largest absolute Gasteiger partial charge is 0.322 e. The van der Waals surface area contributed by atoms with Gasteiger partial charge in [0.05, 0.1) is 0 Å². The molecule has 0 saturated carbocycles. The second-order valence-corrected chi connectivity index (χ2v) is 5.11. The Morgan fingerprint density at radius 2 is 1.80 bits per heavy atom. The molecule has 1 amide bonds. The van der Waals surface area contributed by atoms with E-state index >= 15 is 0 Å². The number of benzene rings is 1. The molecular formula is C15H15ClN2O2. The molecule has 0 radical (unpaired) electrons. The highest BCUT2D eigenvalue weighted by Crippen LogP contribution is 2.15. The first kappa shape index (κ1) is 14.3. The van der Waals surface area contributed by atoms with Crippen LogP contribution in [-0.2, 0) is 7.05 Å². The standard InChI is InChI=1S/C15H15ClN2O2/c1-9-8-10(2)18(3)15(20)13(9)14(19)17-12-6-4-11(16)5-7-12/h4-8H,1-3H3,(H,17,19). The average molecular weight is 291 g/mol. The monoisotopic (exact) mass is 290 g/mol. The molecule has 0 unspecified atom stereocenters. The third-order valence-corrected chi connectivity index (χ3v) is 3.45. The highest BCUT2D eigenvalue weighted by Gasteiger charge is 2.16. The van der Waals surface area contributed by atoms with Crippen molar-refractivity contribution in [3.05, 3.63) is 62.5 Å². The number of pyridine rings is 1. The SMILES string of the molecule is Cc1cc(C)n(C)c(=O)c1C(=O)Nc1ccc(Cl)cc1. The summed E-state index contributed by atoms with van der Waals surface area (Å²) in [7, 11) is 1.65. The number of aromatic nitrogens is 1. The van der Waals surface area contributed by atoms with Crippen molar-refractivity contribution in [3.8, 4) is 0 Å². The van der Waals surface area contributed by atoms with Gasteiger partial charge >= 0.3 is 0 Å². The highest BCUT2D eigenvalue weighted by atomic mass is 35.5. The number of amides is 1. The lowest BCUT2D eigenvalue weighted by atomic mass is 10.1. The van der Waals surface area contributed by atoms with Gasteiger partial charge in [-0.2, -0.15) is 0 Å². The van der Waals surface area contributed by atoms with Crippen LogP contribution in [0.1, 0.15) is 21.6 Å². The lowest BCUT2D eigenvalue weighted by Gasteiger charge is -2.11. The van der Waals surface area contributed by atoms with Crippen molar-refractivity contribution in [2.45, 2.75) is 13.8 Å². The van der Waals surface area contributed by atoms with Crippen LogP contribution in [0.3, 0.4) is 0 Å². The van der Waals surface area contributed by atoms with E-state index in [-0.39, 0.29) is 11.1 Å². The first-order valence-corrected chi connectivity index (χ1v) is 6.52. The minimum Gasteiger partial charge on any atom is -0.322 e. The molecule has 0 atom stereocenters. The fourth-order valence-electron chi connectivity index (χ4n) is 1.98. The van der Waals surface area contributed by atoms with Crippen LogP contribution in [0, 0.1) is 13.8 Å². The molecule has 0 aliphatic heterocycles. The molecule has 20 heavy (non-hydrogen) atoms.